The Balaban J connectivity index is 1.65. The summed E-state index contributed by atoms with van der Waals surface area (Å²) in [6, 6.07) is 13.6. The second-order valence-electron chi connectivity index (χ2n) is 9.08. The van der Waals surface area contributed by atoms with Crippen molar-refractivity contribution in [3.8, 4) is 0 Å². The average Bonchev–Trinajstić information content (AvgIpc) is 3.64. The van der Waals surface area contributed by atoms with Crippen LogP contribution in [0.5, 0.6) is 0 Å². The van der Waals surface area contributed by atoms with Crippen LogP contribution in [0.3, 0.4) is 0 Å². The van der Waals surface area contributed by atoms with Gasteiger partial charge < -0.3 is 15.1 Å². The third-order valence-electron chi connectivity index (χ3n) is 6.27. The van der Waals surface area contributed by atoms with E-state index < -0.39 is 11.9 Å². The fourth-order valence-electron chi connectivity index (χ4n) is 4.36. The van der Waals surface area contributed by atoms with Crippen LogP contribution in [0.15, 0.2) is 64.6 Å². The van der Waals surface area contributed by atoms with Crippen molar-refractivity contribution in [3.05, 3.63) is 76.4 Å². The molecule has 1 aromatic carbocycles. The van der Waals surface area contributed by atoms with Crippen molar-refractivity contribution in [1.29, 1.82) is 0 Å². The molecule has 8 heteroatoms. The molecule has 7 nitrogen and oxygen atoms in total. The van der Waals surface area contributed by atoms with Crippen LogP contribution in [0, 0.1) is 0 Å². The number of hydrogen-bond acceptors (Lipinski definition) is 5. The molecule has 35 heavy (non-hydrogen) atoms. The number of benzene rings is 1. The molecule has 0 bridgehead atoms. The van der Waals surface area contributed by atoms with Crippen LogP contribution in [-0.2, 0) is 9.59 Å². The van der Waals surface area contributed by atoms with Crippen molar-refractivity contribution in [2.75, 3.05) is 11.4 Å². The summed E-state index contributed by atoms with van der Waals surface area (Å²) >= 11 is 1.30. The number of carbonyl (C=O) groups is 3. The third kappa shape index (κ3) is 6.00. The molecule has 3 amide bonds. The quantitative estimate of drug-likeness (QED) is 0.437. The lowest BCUT2D eigenvalue weighted by Crippen LogP contribution is -2.49. The largest absolute Gasteiger partial charge is 0.467 e. The molecule has 4 rings (SSSR count). The Hall–Kier alpha value is -3.39. The summed E-state index contributed by atoms with van der Waals surface area (Å²) in [5.74, 6) is -0.336. The molecule has 1 unspecified atom stereocenters. The van der Waals surface area contributed by atoms with Crippen LogP contribution in [-0.4, -0.2) is 30.3 Å². The first-order valence-corrected chi connectivity index (χ1v) is 12.9. The minimum absolute atomic E-state index is 0.0822. The second kappa shape index (κ2) is 11.4. The van der Waals surface area contributed by atoms with E-state index in [1.165, 1.54) is 22.5 Å². The van der Waals surface area contributed by atoms with Gasteiger partial charge >= 0.3 is 0 Å². The molecular formula is C27H31N3O4S. The number of anilines is 1. The van der Waals surface area contributed by atoms with Crippen LogP contribution in [0.1, 0.15) is 72.5 Å². The van der Waals surface area contributed by atoms with E-state index in [9.17, 15) is 14.4 Å². The number of nitrogens with zero attached hydrogens (tertiary/aromatic N) is 1. The van der Waals surface area contributed by atoms with Crippen LogP contribution in [0.2, 0.25) is 0 Å². The average molecular weight is 494 g/mol. The zero-order valence-corrected chi connectivity index (χ0v) is 20.8. The van der Waals surface area contributed by atoms with Crippen molar-refractivity contribution >= 4 is 34.7 Å². The number of carbonyl (C=O) groups excluding carboxylic acids is 3. The Kier molecular flexibility index (Phi) is 8.02. The molecule has 1 aliphatic rings. The van der Waals surface area contributed by atoms with Crippen LogP contribution in [0.25, 0.3) is 0 Å². The molecule has 2 aromatic heterocycles. The van der Waals surface area contributed by atoms with Gasteiger partial charge in [0.25, 0.3) is 11.8 Å². The van der Waals surface area contributed by atoms with Gasteiger partial charge in [0.2, 0.25) is 5.91 Å². The molecule has 1 atom stereocenters. The lowest BCUT2D eigenvalue weighted by molar-refractivity contribution is -0.127. The summed E-state index contributed by atoms with van der Waals surface area (Å²) in [6.45, 7) is 3.94. The van der Waals surface area contributed by atoms with Gasteiger partial charge in [-0.1, -0.05) is 44.9 Å². The van der Waals surface area contributed by atoms with E-state index in [0.717, 1.165) is 31.2 Å². The third-order valence-corrected chi connectivity index (χ3v) is 7.14. The fourth-order valence-corrected chi connectivity index (χ4v) is 5.00. The molecule has 0 radical (unpaired) electrons. The number of rotatable bonds is 9. The van der Waals surface area contributed by atoms with Gasteiger partial charge in [-0.2, -0.15) is 0 Å². The Morgan fingerprint density at radius 1 is 1.06 bits per heavy atom. The minimum atomic E-state index is -0.998. The lowest BCUT2D eigenvalue weighted by Gasteiger charge is -2.31. The first-order chi connectivity index (χ1) is 16.9. The number of furan rings is 1. The maximum Gasteiger partial charge on any atom is 0.261 e. The number of amides is 3. The zero-order valence-electron chi connectivity index (χ0n) is 20.0. The molecule has 1 aliphatic carbocycles. The van der Waals surface area contributed by atoms with Gasteiger partial charge in [0.1, 0.15) is 5.76 Å². The van der Waals surface area contributed by atoms with Crippen molar-refractivity contribution in [2.24, 2.45) is 0 Å². The maximum atomic E-state index is 13.6. The molecular weight excluding hydrogens is 462 g/mol. The van der Waals surface area contributed by atoms with Gasteiger partial charge in [0, 0.05) is 11.7 Å². The highest BCUT2D eigenvalue weighted by molar-refractivity contribution is 7.12. The molecule has 3 aromatic rings. The highest BCUT2D eigenvalue weighted by atomic mass is 32.1. The summed E-state index contributed by atoms with van der Waals surface area (Å²) in [6.07, 6.45) is 5.48. The van der Waals surface area contributed by atoms with E-state index in [1.807, 2.05) is 24.3 Å². The molecule has 2 heterocycles. The molecule has 0 saturated heterocycles. The first kappa shape index (κ1) is 24.7. The van der Waals surface area contributed by atoms with Gasteiger partial charge in [-0.05, 0) is 60.0 Å². The van der Waals surface area contributed by atoms with Gasteiger partial charge in [-0.3, -0.25) is 19.3 Å². The normalized spacial score (nSPS) is 14.6. The Labute approximate surface area is 209 Å². The molecule has 1 fully saturated rings. The predicted octanol–water partition coefficient (Wildman–Crippen LogP) is 5.03. The van der Waals surface area contributed by atoms with Gasteiger partial charge in [0.05, 0.1) is 17.7 Å². The zero-order chi connectivity index (χ0) is 24.8. The second-order valence-corrected chi connectivity index (χ2v) is 10.0. The van der Waals surface area contributed by atoms with Crippen molar-refractivity contribution in [1.82, 2.24) is 10.6 Å². The van der Waals surface area contributed by atoms with E-state index in [0.29, 0.717) is 22.2 Å². The van der Waals surface area contributed by atoms with E-state index >= 15 is 0 Å². The van der Waals surface area contributed by atoms with Gasteiger partial charge in [-0.15, -0.1) is 11.3 Å². The van der Waals surface area contributed by atoms with Crippen LogP contribution in [0.4, 0.5) is 5.69 Å². The first-order valence-electron chi connectivity index (χ1n) is 12.0. The smallest absolute Gasteiger partial charge is 0.261 e. The fraction of sp³-hybridized carbons (Fsp3) is 0.370. The van der Waals surface area contributed by atoms with E-state index in [-0.39, 0.29) is 24.4 Å². The monoisotopic (exact) mass is 493 g/mol. The minimum Gasteiger partial charge on any atom is -0.467 e. The summed E-state index contributed by atoms with van der Waals surface area (Å²) in [5.41, 5.74) is 1.69. The summed E-state index contributed by atoms with van der Waals surface area (Å²) in [4.78, 5) is 41.6. The molecule has 2 N–H and O–H groups in total. The number of thiophene rings is 1. The van der Waals surface area contributed by atoms with Crippen molar-refractivity contribution < 1.29 is 18.8 Å². The van der Waals surface area contributed by atoms with Crippen LogP contribution >= 0.6 is 11.3 Å². The molecule has 1 saturated carbocycles. The van der Waals surface area contributed by atoms with E-state index in [1.54, 1.807) is 29.6 Å². The predicted molar refractivity (Wildman–Crippen MR) is 137 cm³/mol. The summed E-state index contributed by atoms with van der Waals surface area (Å²) < 4.78 is 5.64. The summed E-state index contributed by atoms with van der Waals surface area (Å²) in [7, 11) is 0. The van der Waals surface area contributed by atoms with Gasteiger partial charge in [0.15, 0.2) is 6.04 Å². The Morgan fingerprint density at radius 2 is 1.80 bits per heavy atom. The standard InChI is InChI=1S/C27H31N3O4S/c1-18(2)19-11-13-21(14-12-19)30(24(31)17-28-26(32)23-10-6-16-35-23)25(22-9-5-15-34-22)27(33)29-20-7-3-4-8-20/h5-6,9-16,18,20,25H,3-4,7-8,17H2,1-2H3,(H,28,32)(H,29,33). The molecule has 0 spiro atoms. The number of nitrogens with one attached hydrogen (secondary N) is 2. The molecule has 0 aliphatic heterocycles. The highest BCUT2D eigenvalue weighted by Gasteiger charge is 2.36. The van der Waals surface area contributed by atoms with Crippen molar-refractivity contribution in [2.45, 2.75) is 57.5 Å². The topological polar surface area (TPSA) is 91.7 Å². The van der Waals surface area contributed by atoms with E-state index in [2.05, 4.69) is 24.5 Å². The lowest BCUT2D eigenvalue weighted by atomic mass is 10.0. The Morgan fingerprint density at radius 3 is 2.40 bits per heavy atom. The number of hydrogen-bond donors (Lipinski definition) is 2. The maximum absolute atomic E-state index is 13.6. The Bertz CT molecular complexity index is 1120. The molecule has 184 valence electrons. The SMILES string of the molecule is CC(C)c1ccc(N(C(=O)CNC(=O)c2cccs2)C(C(=O)NC2CCCC2)c2ccco2)cc1. The summed E-state index contributed by atoms with van der Waals surface area (Å²) in [5, 5.41) is 7.61. The van der Waals surface area contributed by atoms with Crippen LogP contribution < -0.4 is 15.5 Å². The van der Waals surface area contributed by atoms with E-state index in [4.69, 9.17) is 4.42 Å². The highest BCUT2D eigenvalue weighted by Crippen LogP contribution is 2.30. The van der Waals surface area contributed by atoms with Gasteiger partial charge in [-0.25, -0.2) is 0 Å². The van der Waals surface area contributed by atoms with Crippen molar-refractivity contribution in [3.63, 3.8) is 0 Å².